The van der Waals surface area contributed by atoms with Gasteiger partial charge >= 0.3 is 0 Å². The van der Waals surface area contributed by atoms with E-state index >= 15 is 0 Å². The Morgan fingerprint density at radius 2 is 2.00 bits per heavy atom. The molecule has 1 aromatic carbocycles. The highest BCUT2D eigenvalue weighted by Gasteiger charge is 2.26. The van der Waals surface area contributed by atoms with Crippen LogP contribution in [0.15, 0.2) is 23.1 Å². The van der Waals surface area contributed by atoms with Gasteiger partial charge < -0.3 is 10.1 Å². The van der Waals surface area contributed by atoms with E-state index in [4.69, 9.17) is 4.74 Å². The van der Waals surface area contributed by atoms with E-state index in [-0.39, 0.29) is 23.1 Å². The maximum Gasteiger partial charge on any atom is 0.246 e. The van der Waals surface area contributed by atoms with Gasteiger partial charge in [0.2, 0.25) is 15.9 Å². The van der Waals surface area contributed by atoms with Crippen molar-refractivity contribution in [3.05, 3.63) is 23.8 Å². The van der Waals surface area contributed by atoms with Crippen LogP contribution in [0.1, 0.15) is 19.4 Å². The predicted octanol–water partition coefficient (Wildman–Crippen LogP) is 1.40. The number of carbonyl (C=O) groups excluding carboxylic acids is 1. The van der Waals surface area contributed by atoms with Crippen molar-refractivity contribution < 1.29 is 17.9 Å². The van der Waals surface area contributed by atoms with Crippen LogP contribution in [0, 0.1) is 12.8 Å². The van der Waals surface area contributed by atoms with E-state index in [1.807, 2.05) is 13.8 Å². The van der Waals surface area contributed by atoms with Crippen LogP contribution < -0.4 is 10.1 Å². The van der Waals surface area contributed by atoms with Gasteiger partial charge in [-0.2, -0.15) is 4.31 Å². The third-order valence-electron chi connectivity index (χ3n) is 3.08. The molecule has 22 heavy (non-hydrogen) atoms. The van der Waals surface area contributed by atoms with Crippen molar-refractivity contribution in [2.24, 2.45) is 5.92 Å². The maximum absolute atomic E-state index is 12.6. The first kappa shape index (κ1) is 18.4. The molecule has 0 bridgehead atoms. The summed E-state index contributed by atoms with van der Waals surface area (Å²) in [6.45, 7) is 6.02. The summed E-state index contributed by atoms with van der Waals surface area (Å²) >= 11 is 0. The van der Waals surface area contributed by atoms with Crippen molar-refractivity contribution in [2.75, 3.05) is 27.2 Å². The second kappa shape index (κ2) is 7.60. The largest absolute Gasteiger partial charge is 0.495 e. The lowest BCUT2D eigenvalue weighted by Crippen LogP contribution is -2.39. The summed E-state index contributed by atoms with van der Waals surface area (Å²) in [6, 6.07) is 4.92. The quantitative estimate of drug-likeness (QED) is 0.821. The number of likely N-dealkylation sites (N-methyl/N-ethyl adjacent to an activating group) is 1. The van der Waals surface area contributed by atoms with E-state index in [2.05, 4.69) is 5.32 Å². The number of aryl methyl sites for hydroxylation is 1. The summed E-state index contributed by atoms with van der Waals surface area (Å²) < 4.78 is 31.3. The van der Waals surface area contributed by atoms with Crippen molar-refractivity contribution >= 4 is 15.9 Å². The molecule has 0 aliphatic rings. The van der Waals surface area contributed by atoms with Gasteiger partial charge in [0.25, 0.3) is 0 Å². The maximum atomic E-state index is 12.6. The normalized spacial score (nSPS) is 11.8. The average molecular weight is 328 g/mol. The van der Waals surface area contributed by atoms with Crippen LogP contribution in [-0.4, -0.2) is 45.9 Å². The summed E-state index contributed by atoms with van der Waals surface area (Å²) in [5, 5.41) is 2.70. The van der Waals surface area contributed by atoms with E-state index in [0.29, 0.717) is 12.5 Å². The lowest BCUT2D eigenvalue weighted by atomic mass is 10.2. The van der Waals surface area contributed by atoms with E-state index in [1.165, 1.54) is 20.2 Å². The second-order valence-electron chi connectivity index (χ2n) is 5.61. The van der Waals surface area contributed by atoms with Crippen molar-refractivity contribution in [1.29, 1.82) is 0 Å². The first-order chi connectivity index (χ1) is 10.2. The molecule has 1 rings (SSSR count). The number of rotatable bonds is 7. The van der Waals surface area contributed by atoms with Gasteiger partial charge in [0.1, 0.15) is 10.6 Å². The Morgan fingerprint density at radius 3 is 2.55 bits per heavy atom. The second-order valence-corrected chi connectivity index (χ2v) is 7.63. The minimum absolute atomic E-state index is 0.0640. The average Bonchev–Trinajstić information content (AvgIpc) is 2.44. The standard InChI is InChI=1S/C15H24N2O4S/c1-11(2)9-16-15(18)10-17(4)22(19,20)14-8-12(3)6-7-13(14)21-5/h6-8,11H,9-10H2,1-5H3,(H,16,18). The Kier molecular flexibility index (Phi) is 6.37. The van der Waals surface area contributed by atoms with Crippen molar-refractivity contribution in [1.82, 2.24) is 9.62 Å². The predicted molar refractivity (Wildman–Crippen MR) is 85.4 cm³/mol. The SMILES string of the molecule is COc1ccc(C)cc1S(=O)(=O)N(C)CC(=O)NCC(C)C. The monoisotopic (exact) mass is 328 g/mol. The molecule has 1 amide bonds. The highest BCUT2D eigenvalue weighted by Crippen LogP contribution is 2.26. The topological polar surface area (TPSA) is 75.7 Å². The smallest absolute Gasteiger partial charge is 0.246 e. The van der Waals surface area contributed by atoms with Crippen LogP contribution in [0.5, 0.6) is 5.75 Å². The van der Waals surface area contributed by atoms with Crippen molar-refractivity contribution in [3.63, 3.8) is 0 Å². The van der Waals surface area contributed by atoms with Gasteiger partial charge in [-0.05, 0) is 30.5 Å². The number of hydrogen-bond donors (Lipinski definition) is 1. The number of carbonyl (C=O) groups is 1. The fourth-order valence-corrected chi connectivity index (χ4v) is 3.18. The van der Waals surface area contributed by atoms with Gasteiger partial charge in [-0.1, -0.05) is 19.9 Å². The number of methoxy groups -OCH3 is 1. The molecule has 0 atom stereocenters. The van der Waals surface area contributed by atoms with Crippen LogP contribution in [0.2, 0.25) is 0 Å². The van der Waals surface area contributed by atoms with Gasteiger partial charge in [-0.15, -0.1) is 0 Å². The summed E-state index contributed by atoms with van der Waals surface area (Å²) in [7, 11) is -0.994. The number of ether oxygens (including phenoxy) is 1. The first-order valence-electron chi connectivity index (χ1n) is 7.06. The van der Waals surface area contributed by atoms with E-state index in [1.54, 1.807) is 19.1 Å². The molecule has 1 aromatic rings. The molecule has 0 aliphatic heterocycles. The molecule has 124 valence electrons. The minimum Gasteiger partial charge on any atom is -0.495 e. The fraction of sp³-hybridized carbons (Fsp3) is 0.533. The Labute approximate surface area is 132 Å². The zero-order valence-electron chi connectivity index (χ0n) is 13.7. The molecule has 0 fully saturated rings. The minimum atomic E-state index is -3.79. The number of nitrogens with one attached hydrogen (secondary N) is 1. The molecular formula is C15H24N2O4S. The third-order valence-corrected chi connectivity index (χ3v) is 4.91. The molecule has 7 heteroatoms. The molecule has 6 nitrogen and oxygen atoms in total. The molecule has 0 radical (unpaired) electrons. The zero-order chi connectivity index (χ0) is 16.9. The van der Waals surface area contributed by atoms with Gasteiger partial charge in [0.15, 0.2) is 0 Å². The van der Waals surface area contributed by atoms with Crippen molar-refractivity contribution in [3.8, 4) is 5.75 Å². The number of benzene rings is 1. The number of nitrogens with zero attached hydrogens (tertiary/aromatic N) is 1. The molecule has 0 spiro atoms. The number of amides is 1. The molecule has 0 saturated heterocycles. The number of sulfonamides is 1. The van der Waals surface area contributed by atoms with E-state index < -0.39 is 10.0 Å². The Morgan fingerprint density at radius 1 is 1.36 bits per heavy atom. The molecule has 0 aromatic heterocycles. The third kappa shape index (κ3) is 4.71. The molecular weight excluding hydrogens is 304 g/mol. The summed E-state index contributed by atoms with van der Waals surface area (Å²) in [4.78, 5) is 11.9. The molecule has 0 aliphatic carbocycles. The van der Waals surface area contributed by atoms with Crippen molar-refractivity contribution in [2.45, 2.75) is 25.7 Å². The van der Waals surface area contributed by atoms with Crippen LogP contribution >= 0.6 is 0 Å². The molecule has 0 heterocycles. The first-order valence-corrected chi connectivity index (χ1v) is 8.50. The molecule has 1 N–H and O–H groups in total. The van der Waals surface area contributed by atoms with E-state index in [9.17, 15) is 13.2 Å². The lowest BCUT2D eigenvalue weighted by molar-refractivity contribution is -0.121. The Balaban J connectivity index is 2.94. The summed E-state index contributed by atoms with van der Waals surface area (Å²) in [6.07, 6.45) is 0. The van der Waals surface area contributed by atoms with Gasteiger partial charge in [-0.25, -0.2) is 8.42 Å². The van der Waals surface area contributed by atoms with Gasteiger partial charge in [0, 0.05) is 13.6 Å². The Hall–Kier alpha value is -1.60. The van der Waals surface area contributed by atoms with Crippen LogP contribution in [-0.2, 0) is 14.8 Å². The Bertz CT molecular complexity index is 626. The lowest BCUT2D eigenvalue weighted by Gasteiger charge is -2.19. The summed E-state index contributed by atoms with van der Waals surface area (Å²) in [5.41, 5.74) is 0.803. The van der Waals surface area contributed by atoms with Gasteiger partial charge in [0.05, 0.1) is 13.7 Å². The highest BCUT2D eigenvalue weighted by atomic mass is 32.2. The van der Waals surface area contributed by atoms with E-state index in [0.717, 1.165) is 9.87 Å². The van der Waals surface area contributed by atoms with Crippen LogP contribution in [0.4, 0.5) is 0 Å². The molecule has 0 unspecified atom stereocenters. The van der Waals surface area contributed by atoms with Gasteiger partial charge in [-0.3, -0.25) is 4.79 Å². The van der Waals surface area contributed by atoms with Crippen LogP contribution in [0.3, 0.4) is 0 Å². The number of hydrogen-bond acceptors (Lipinski definition) is 4. The zero-order valence-corrected chi connectivity index (χ0v) is 14.5. The molecule has 0 saturated carbocycles. The fourth-order valence-electron chi connectivity index (χ4n) is 1.81. The van der Waals surface area contributed by atoms with Crippen LogP contribution in [0.25, 0.3) is 0 Å². The highest BCUT2D eigenvalue weighted by molar-refractivity contribution is 7.89. The summed E-state index contributed by atoms with van der Waals surface area (Å²) in [5.74, 6) is 0.245.